The summed E-state index contributed by atoms with van der Waals surface area (Å²) < 4.78 is 5.15. The first kappa shape index (κ1) is 13.4. The minimum absolute atomic E-state index is 0.539. The van der Waals surface area contributed by atoms with Gasteiger partial charge in [0.15, 0.2) is 5.82 Å². The second-order valence-corrected chi connectivity index (χ2v) is 4.75. The molecule has 0 fully saturated rings. The minimum atomic E-state index is 0.539. The third-order valence-corrected chi connectivity index (χ3v) is 3.26. The Kier molecular flexibility index (Phi) is 3.96. The van der Waals surface area contributed by atoms with Crippen LogP contribution in [0.1, 0.15) is 18.6 Å². The summed E-state index contributed by atoms with van der Waals surface area (Å²) in [6.07, 6.45) is 0.787. The number of nitrogens with one attached hydrogen (secondary N) is 1. The van der Waals surface area contributed by atoms with Gasteiger partial charge in [-0.2, -0.15) is 4.98 Å². The highest BCUT2D eigenvalue weighted by Gasteiger charge is 2.04. The molecule has 3 rings (SSSR count). The summed E-state index contributed by atoms with van der Waals surface area (Å²) in [4.78, 5) is 4.27. The lowest BCUT2D eigenvalue weighted by atomic mass is 10.1. The van der Waals surface area contributed by atoms with E-state index in [9.17, 15) is 0 Å². The van der Waals surface area contributed by atoms with E-state index < -0.39 is 0 Å². The van der Waals surface area contributed by atoms with E-state index in [1.807, 2.05) is 25.1 Å². The van der Waals surface area contributed by atoms with Crippen molar-refractivity contribution in [1.82, 2.24) is 10.1 Å². The van der Waals surface area contributed by atoms with Crippen LogP contribution in [0, 0.1) is 0 Å². The highest BCUT2D eigenvalue weighted by Crippen LogP contribution is 2.21. The summed E-state index contributed by atoms with van der Waals surface area (Å²) in [7, 11) is 0. The van der Waals surface area contributed by atoms with Gasteiger partial charge in [-0.15, -0.1) is 0 Å². The van der Waals surface area contributed by atoms with Crippen LogP contribution in [0.15, 0.2) is 59.1 Å². The molecule has 0 radical (unpaired) electrons. The van der Waals surface area contributed by atoms with Crippen molar-refractivity contribution in [2.75, 3.05) is 5.32 Å². The molecule has 2 aromatic carbocycles. The predicted octanol–water partition coefficient (Wildman–Crippen LogP) is 3.91. The first-order chi connectivity index (χ1) is 10.3. The Bertz CT molecular complexity index is 690. The molecule has 3 aromatic rings. The fourth-order valence-electron chi connectivity index (χ4n) is 2.09. The standard InChI is InChI=1S/C17H17N3O/c1-2-16-19-17(21-20-16)12-18-15-10-8-14(9-11-15)13-6-4-3-5-7-13/h3-11,18H,2,12H2,1H3. The van der Waals surface area contributed by atoms with Gasteiger partial charge in [0.1, 0.15) is 0 Å². The monoisotopic (exact) mass is 279 g/mol. The molecule has 0 spiro atoms. The van der Waals surface area contributed by atoms with Gasteiger partial charge in [0, 0.05) is 12.1 Å². The smallest absolute Gasteiger partial charge is 0.245 e. The Morgan fingerprint density at radius 3 is 2.33 bits per heavy atom. The van der Waals surface area contributed by atoms with Crippen LogP contribution in [0.2, 0.25) is 0 Å². The number of aromatic nitrogens is 2. The van der Waals surface area contributed by atoms with E-state index in [0.717, 1.165) is 17.9 Å². The van der Waals surface area contributed by atoms with E-state index in [-0.39, 0.29) is 0 Å². The molecule has 4 heteroatoms. The number of hydrogen-bond donors (Lipinski definition) is 1. The zero-order chi connectivity index (χ0) is 14.5. The summed E-state index contributed by atoms with van der Waals surface area (Å²) in [5.41, 5.74) is 3.45. The molecule has 0 saturated carbocycles. The summed E-state index contributed by atoms with van der Waals surface area (Å²) >= 11 is 0. The van der Waals surface area contributed by atoms with Crippen molar-refractivity contribution >= 4 is 5.69 Å². The maximum Gasteiger partial charge on any atom is 0.245 e. The number of hydrogen-bond acceptors (Lipinski definition) is 4. The Morgan fingerprint density at radius 2 is 1.67 bits per heavy atom. The van der Waals surface area contributed by atoms with Gasteiger partial charge in [-0.3, -0.25) is 0 Å². The SMILES string of the molecule is CCc1noc(CNc2ccc(-c3ccccc3)cc2)n1. The molecule has 0 atom stereocenters. The first-order valence-corrected chi connectivity index (χ1v) is 7.06. The topological polar surface area (TPSA) is 51.0 Å². The van der Waals surface area contributed by atoms with E-state index in [1.54, 1.807) is 0 Å². The zero-order valence-corrected chi connectivity index (χ0v) is 11.9. The average Bonchev–Trinajstić information content (AvgIpc) is 3.02. The van der Waals surface area contributed by atoms with Crippen molar-refractivity contribution in [3.05, 3.63) is 66.3 Å². The van der Waals surface area contributed by atoms with Gasteiger partial charge >= 0.3 is 0 Å². The van der Waals surface area contributed by atoms with E-state index in [1.165, 1.54) is 11.1 Å². The quantitative estimate of drug-likeness (QED) is 0.769. The van der Waals surface area contributed by atoms with Crippen molar-refractivity contribution in [2.24, 2.45) is 0 Å². The van der Waals surface area contributed by atoms with Crippen LogP contribution >= 0.6 is 0 Å². The Morgan fingerprint density at radius 1 is 0.952 bits per heavy atom. The molecule has 1 aromatic heterocycles. The predicted molar refractivity (Wildman–Crippen MR) is 82.9 cm³/mol. The lowest BCUT2D eigenvalue weighted by Crippen LogP contribution is -1.99. The summed E-state index contributed by atoms with van der Waals surface area (Å²) in [6, 6.07) is 18.6. The molecule has 1 N–H and O–H groups in total. The van der Waals surface area contributed by atoms with Crippen LogP contribution in [0.3, 0.4) is 0 Å². The number of aryl methyl sites for hydroxylation is 1. The van der Waals surface area contributed by atoms with Gasteiger partial charge in [-0.05, 0) is 23.3 Å². The summed E-state index contributed by atoms with van der Waals surface area (Å²) in [6.45, 7) is 2.54. The molecular formula is C17H17N3O. The minimum Gasteiger partial charge on any atom is -0.376 e. The van der Waals surface area contributed by atoms with E-state index >= 15 is 0 Å². The van der Waals surface area contributed by atoms with Crippen LogP contribution in [0.5, 0.6) is 0 Å². The number of benzene rings is 2. The van der Waals surface area contributed by atoms with Crippen molar-refractivity contribution in [2.45, 2.75) is 19.9 Å². The Hall–Kier alpha value is -2.62. The van der Waals surface area contributed by atoms with Gasteiger partial charge in [0.25, 0.3) is 0 Å². The zero-order valence-electron chi connectivity index (χ0n) is 11.9. The molecule has 0 unspecified atom stereocenters. The lowest BCUT2D eigenvalue weighted by molar-refractivity contribution is 0.378. The van der Waals surface area contributed by atoms with Gasteiger partial charge in [-0.1, -0.05) is 54.5 Å². The van der Waals surface area contributed by atoms with Crippen LogP contribution in [-0.4, -0.2) is 10.1 Å². The molecule has 0 saturated heterocycles. The fraction of sp³-hybridized carbons (Fsp3) is 0.176. The maximum absolute atomic E-state index is 5.15. The maximum atomic E-state index is 5.15. The molecule has 0 bridgehead atoms. The lowest BCUT2D eigenvalue weighted by Gasteiger charge is -2.05. The van der Waals surface area contributed by atoms with E-state index in [0.29, 0.717) is 12.4 Å². The third kappa shape index (κ3) is 3.28. The molecule has 4 nitrogen and oxygen atoms in total. The van der Waals surface area contributed by atoms with Crippen molar-refractivity contribution < 1.29 is 4.52 Å². The Balaban J connectivity index is 1.64. The highest BCUT2D eigenvalue weighted by atomic mass is 16.5. The van der Waals surface area contributed by atoms with Crippen LogP contribution in [-0.2, 0) is 13.0 Å². The van der Waals surface area contributed by atoms with Crippen LogP contribution in [0.4, 0.5) is 5.69 Å². The molecule has 0 amide bonds. The summed E-state index contributed by atoms with van der Waals surface area (Å²) in [5.74, 6) is 1.35. The molecule has 106 valence electrons. The van der Waals surface area contributed by atoms with E-state index in [4.69, 9.17) is 4.52 Å². The van der Waals surface area contributed by atoms with Gasteiger partial charge < -0.3 is 9.84 Å². The van der Waals surface area contributed by atoms with Gasteiger partial charge in [0.05, 0.1) is 6.54 Å². The number of nitrogens with zero attached hydrogens (tertiary/aromatic N) is 2. The molecule has 0 aliphatic rings. The normalized spacial score (nSPS) is 10.5. The van der Waals surface area contributed by atoms with Crippen molar-refractivity contribution in [3.63, 3.8) is 0 Å². The second-order valence-electron chi connectivity index (χ2n) is 4.75. The van der Waals surface area contributed by atoms with Crippen molar-refractivity contribution in [1.29, 1.82) is 0 Å². The molecule has 21 heavy (non-hydrogen) atoms. The summed E-state index contributed by atoms with van der Waals surface area (Å²) in [5, 5.41) is 7.16. The number of anilines is 1. The van der Waals surface area contributed by atoms with Crippen LogP contribution in [0.25, 0.3) is 11.1 Å². The Labute approximate surface area is 123 Å². The molecule has 1 heterocycles. The van der Waals surface area contributed by atoms with Gasteiger partial charge in [-0.25, -0.2) is 0 Å². The molecular weight excluding hydrogens is 262 g/mol. The molecule has 0 aliphatic heterocycles. The van der Waals surface area contributed by atoms with E-state index in [2.05, 4.69) is 51.9 Å². The second kappa shape index (κ2) is 6.22. The average molecular weight is 279 g/mol. The largest absolute Gasteiger partial charge is 0.376 e. The number of rotatable bonds is 5. The first-order valence-electron chi connectivity index (χ1n) is 7.06. The van der Waals surface area contributed by atoms with Crippen molar-refractivity contribution in [3.8, 4) is 11.1 Å². The van der Waals surface area contributed by atoms with Gasteiger partial charge in [0.2, 0.25) is 5.89 Å². The molecule has 0 aliphatic carbocycles. The van der Waals surface area contributed by atoms with Crippen LogP contribution < -0.4 is 5.32 Å². The highest BCUT2D eigenvalue weighted by molar-refractivity contribution is 5.65. The fourth-order valence-corrected chi connectivity index (χ4v) is 2.09. The third-order valence-electron chi connectivity index (χ3n) is 3.26.